The number of carbonyl (C=O) groups excluding carboxylic acids is 1. The summed E-state index contributed by atoms with van der Waals surface area (Å²) in [5.74, 6) is -0.136. The molecule has 2 aliphatic heterocycles. The maximum atomic E-state index is 13.5. The molecular formula is C25H31N5O3. The van der Waals surface area contributed by atoms with Crippen LogP contribution in [0.3, 0.4) is 0 Å². The molecule has 2 aromatic heterocycles. The van der Waals surface area contributed by atoms with Crippen LogP contribution in [0.15, 0.2) is 53.7 Å². The first-order chi connectivity index (χ1) is 16.0. The molecular weight excluding hydrogens is 418 g/mol. The van der Waals surface area contributed by atoms with E-state index < -0.39 is 5.60 Å². The topological polar surface area (TPSA) is 92.4 Å². The normalized spacial score (nSPS) is 24.3. The fourth-order valence-electron chi connectivity index (χ4n) is 5.38. The zero-order valence-corrected chi connectivity index (χ0v) is 19.0. The van der Waals surface area contributed by atoms with Gasteiger partial charge >= 0.3 is 0 Å². The van der Waals surface area contributed by atoms with Crippen molar-refractivity contribution in [1.82, 2.24) is 24.3 Å². The summed E-state index contributed by atoms with van der Waals surface area (Å²) in [6.07, 6.45) is 5.49. The lowest BCUT2D eigenvalue weighted by Crippen LogP contribution is -2.59. The second-order valence-electron chi connectivity index (χ2n) is 9.44. The van der Waals surface area contributed by atoms with E-state index >= 15 is 0 Å². The van der Waals surface area contributed by atoms with Crippen molar-refractivity contribution in [3.8, 4) is 0 Å². The monoisotopic (exact) mass is 449 g/mol. The zero-order valence-electron chi connectivity index (χ0n) is 19.0. The van der Waals surface area contributed by atoms with Gasteiger partial charge < -0.3 is 19.9 Å². The Morgan fingerprint density at radius 3 is 2.73 bits per heavy atom. The number of nitrogens with zero attached hydrogens (tertiary/aromatic N) is 4. The van der Waals surface area contributed by atoms with Gasteiger partial charge in [0.2, 0.25) is 0 Å². The Kier molecular flexibility index (Phi) is 5.80. The van der Waals surface area contributed by atoms with Crippen molar-refractivity contribution in [2.24, 2.45) is 13.0 Å². The molecule has 1 amide bonds. The number of benzene rings is 1. The summed E-state index contributed by atoms with van der Waals surface area (Å²) >= 11 is 0. The number of hydrogen-bond donors (Lipinski definition) is 2. The van der Waals surface area contributed by atoms with E-state index in [1.807, 2.05) is 59.1 Å². The third kappa shape index (κ3) is 3.98. The highest BCUT2D eigenvalue weighted by molar-refractivity contribution is 5.86. The van der Waals surface area contributed by atoms with Crippen LogP contribution in [-0.4, -0.2) is 61.8 Å². The van der Waals surface area contributed by atoms with E-state index in [0.717, 1.165) is 18.4 Å². The molecule has 0 unspecified atom stereocenters. The molecule has 2 N–H and O–H groups in total. The molecule has 0 radical (unpaired) electrons. The average Bonchev–Trinajstić information content (AvgIpc) is 3.23. The molecule has 1 aromatic carbocycles. The van der Waals surface area contributed by atoms with E-state index in [1.165, 1.54) is 0 Å². The van der Waals surface area contributed by atoms with Crippen LogP contribution in [0, 0.1) is 5.92 Å². The fourth-order valence-corrected chi connectivity index (χ4v) is 5.38. The number of aliphatic hydroxyl groups is 1. The van der Waals surface area contributed by atoms with E-state index in [-0.39, 0.29) is 17.4 Å². The number of hydrogen-bond acceptors (Lipinski definition) is 5. The molecule has 4 heterocycles. The Morgan fingerprint density at radius 2 is 1.97 bits per heavy atom. The van der Waals surface area contributed by atoms with E-state index in [4.69, 9.17) is 0 Å². The van der Waals surface area contributed by atoms with Gasteiger partial charge in [0.15, 0.2) is 5.60 Å². The number of amides is 1. The molecule has 8 heteroatoms. The summed E-state index contributed by atoms with van der Waals surface area (Å²) in [4.78, 5) is 32.6. The molecule has 2 atom stereocenters. The summed E-state index contributed by atoms with van der Waals surface area (Å²) in [6, 6.07) is 11.6. The highest BCUT2D eigenvalue weighted by atomic mass is 16.3. The van der Waals surface area contributed by atoms with Crippen molar-refractivity contribution in [3.63, 3.8) is 0 Å². The first-order valence-corrected chi connectivity index (χ1v) is 11.8. The summed E-state index contributed by atoms with van der Waals surface area (Å²) < 4.78 is 3.54. The van der Waals surface area contributed by atoms with Crippen LogP contribution >= 0.6 is 0 Å². The van der Waals surface area contributed by atoms with Crippen LogP contribution < -0.4 is 10.9 Å². The first kappa shape index (κ1) is 21.9. The Balaban J connectivity index is 1.26. The minimum Gasteiger partial charge on any atom is -0.379 e. The Hall–Kier alpha value is -2.97. The fraction of sp³-hybridized carbons (Fsp3) is 0.480. The summed E-state index contributed by atoms with van der Waals surface area (Å²) in [6.45, 7) is 2.99. The SMILES string of the molecule is Cn1ccc2c(=O)n(CC3CCN(C(=O)[C@@]4(O)CCNC[C@H]4c4ccccc4)CC3)cnc21. The predicted molar refractivity (Wildman–Crippen MR) is 126 cm³/mol. The number of carbonyl (C=O) groups is 1. The van der Waals surface area contributed by atoms with Crippen molar-refractivity contribution < 1.29 is 9.90 Å². The van der Waals surface area contributed by atoms with Crippen LogP contribution in [0.25, 0.3) is 11.0 Å². The maximum Gasteiger partial charge on any atom is 0.262 e. The second-order valence-corrected chi connectivity index (χ2v) is 9.44. The lowest BCUT2D eigenvalue weighted by Gasteiger charge is -2.43. The van der Waals surface area contributed by atoms with Gasteiger partial charge in [0.25, 0.3) is 11.5 Å². The highest BCUT2D eigenvalue weighted by Crippen LogP contribution is 2.36. The van der Waals surface area contributed by atoms with Gasteiger partial charge in [-0.1, -0.05) is 30.3 Å². The molecule has 2 fully saturated rings. The smallest absolute Gasteiger partial charge is 0.262 e. The second kappa shape index (κ2) is 8.76. The van der Waals surface area contributed by atoms with Crippen LogP contribution in [0.2, 0.25) is 0 Å². The van der Waals surface area contributed by atoms with Crippen molar-refractivity contribution in [2.45, 2.75) is 37.3 Å². The molecule has 174 valence electrons. The molecule has 2 saturated heterocycles. The molecule has 33 heavy (non-hydrogen) atoms. The summed E-state index contributed by atoms with van der Waals surface area (Å²) in [5.41, 5.74) is 0.269. The van der Waals surface area contributed by atoms with E-state index in [1.54, 1.807) is 10.9 Å². The lowest BCUT2D eigenvalue weighted by atomic mass is 9.76. The standard InChI is InChI=1S/C25H31N5O3/c1-28-12-9-20-22(28)27-17-30(23(20)31)16-18-7-13-29(14-8-18)24(32)25(33)10-11-26-15-21(25)19-5-3-2-4-6-19/h2-6,9,12,17-18,21,26,33H,7-8,10-11,13-16H2,1H3/t21-,25+/m0/s1. The molecule has 0 bridgehead atoms. The third-order valence-corrected chi connectivity index (χ3v) is 7.39. The van der Waals surface area contributed by atoms with Gasteiger partial charge in [-0.25, -0.2) is 4.98 Å². The van der Waals surface area contributed by atoms with Crippen LogP contribution in [0.5, 0.6) is 0 Å². The average molecular weight is 450 g/mol. The number of rotatable bonds is 4. The van der Waals surface area contributed by atoms with Crippen LogP contribution in [0.4, 0.5) is 0 Å². The van der Waals surface area contributed by atoms with Gasteiger partial charge in [-0.2, -0.15) is 0 Å². The molecule has 3 aromatic rings. The van der Waals surface area contributed by atoms with Gasteiger partial charge in [-0.3, -0.25) is 14.2 Å². The Labute approximate surface area is 192 Å². The number of fused-ring (bicyclic) bond motifs is 1. The quantitative estimate of drug-likeness (QED) is 0.630. The molecule has 2 aliphatic rings. The highest BCUT2D eigenvalue weighted by Gasteiger charge is 2.48. The maximum absolute atomic E-state index is 13.5. The number of likely N-dealkylation sites (tertiary alicyclic amines) is 1. The Morgan fingerprint density at radius 1 is 1.21 bits per heavy atom. The minimum atomic E-state index is -1.39. The summed E-state index contributed by atoms with van der Waals surface area (Å²) in [7, 11) is 1.88. The zero-order chi connectivity index (χ0) is 23.0. The van der Waals surface area contributed by atoms with Crippen molar-refractivity contribution >= 4 is 16.9 Å². The largest absolute Gasteiger partial charge is 0.379 e. The third-order valence-electron chi connectivity index (χ3n) is 7.39. The number of piperidine rings is 2. The van der Waals surface area contributed by atoms with Gasteiger partial charge in [0, 0.05) is 45.3 Å². The molecule has 0 saturated carbocycles. The summed E-state index contributed by atoms with van der Waals surface area (Å²) in [5, 5.41) is 15.5. The van der Waals surface area contributed by atoms with Gasteiger partial charge in [0.05, 0.1) is 11.7 Å². The van der Waals surface area contributed by atoms with Gasteiger partial charge in [0.1, 0.15) is 5.65 Å². The predicted octanol–water partition coefficient (Wildman–Crippen LogP) is 1.48. The Bertz CT molecular complexity index is 1200. The van der Waals surface area contributed by atoms with Crippen LogP contribution in [0.1, 0.15) is 30.7 Å². The van der Waals surface area contributed by atoms with E-state index in [2.05, 4.69) is 10.3 Å². The minimum absolute atomic E-state index is 0.0196. The number of nitrogens with one attached hydrogen (secondary N) is 1. The van der Waals surface area contributed by atoms with Gasteiger partial charge in [-0.05, 0) is 43.4 Å². The molecule has 5 rings (SSSR count). The molecule has 8 nitrogen and oxygen atoms in total. The number of aryl methyl sites for hydroxylation is 1. The lowest BCUT2D eigenvalue weighted by molar-refractivity contribution is -0.158. The first-order valence-electron chi connectivity index (χ1n) is 11.8. The van der Waals surface area contributed by atoms with E-state index in [9.17, 15) is 14.7 Å². The van der Waals surface area contributed by atoms with Gasteiger partial charge in [-0.15, -0.1) is 0 Å². The molecule has 0 aliphatic carbocycles. The number of aromatic nitrogens is 3. The molecule has 0 spiro atoms. The van der Waals surface area contributed by atoms with Crippen molar-refractivity contribution in [1.29, 1.82) is 0 Å². The van der Waals surface area contributed by atoms with Crippen molar-refractivity contribution in [3.05, 3.63) is 64.8 Å². The van der Waals surface area contributed by atoms with Crippen LogP contribution in [-0.2, 0) is 18.4 Å². The van der Waals surface area contributed by atoms with Crippen molar-refractivity contribution in [2.75, 3.05) is 26.2 Å². The van der Waals surface area contributed by atoms with E-state index in [0.29, 0.717) is 56.1 Å².